The SMILES string of the molecule is CCCNc1ncnc2c1c(-c1ccccc1)cn2-c1ccc(C)c(Cl)c1. The van der Waals surface area contributed by atoms with E-state index < -0.39 is 0 Å². The summed E-state index contributed by atoms with van der Waals surface area (Å²) in [6.07, 6.45) is 4.76. The van der Waals surface area contributed by atoms with E-state index in [1.54, 1.807) is 6.33 Å². The highest BCUT2D eigenvalue weighted by molar-refractivity contribution is 6.31. The number of rotatable bonds is 5. The number of nitrogens with zero attached hydrogens (tertiary/aromatic N) is 3. The molecule has 0 atom stereocenters. The van der Waals surface area contributed by atoms with Crippen LogP contribution >= 0.6 is 11.6 Å². The largest absolute Gasteiger partial charge is 0.369 e. The van der Waals surface area contributed by atoms with Crippen LogP contribution in [0.5, 0.6) is 0 Å². The predicted molar refractivity (Wildman–Crippen MR) is 113 cm³/mol. The maximum absolute atomic E-state index is 6.38. The average molecular weight is 377 g/mol. The Bertz CT molecular complexity index is 1090. The molecule has 0 aliphatic carbocycles. The van der Waals surface area contributed by atoms with Crippen LogP contribution in [0.2, 0.25) is 5.02 Å². The lowest BCUT2D eigenvalue weighted by atomic mass is 10.1. The van der Waals surface area contributed by atoms with Gasteiger partial charge in [-0.15, -0.1) is 0 Å². The van der Waals surface area contributed by atoms with E-state index in [2.05, 4.69) is 51.2 Å². The normalized spacial score (nSPS) is 11.1. The molecule has 4 nitrogen and oxygen atoms in total. The lowest BCUT2D eigenvalue weighted by Crippen LogP contribution is -2.03. The van der Waals surface area contributed by atoms with Crippen molar-refractivity contribution in [1.82, 2.24) is 14.5 Å². The van der Waals surface area contributed by atoms with Gasteiger partial charge in [-0.1, -0.05) is 54.9 Å². The molecule has 4 aromatic rings. The van der Waals surface area contributed by atoms with Crippen LogP contribution in [0.25, 0.3) is 27.8 Å². The molecule has 0 amide bonds. The zero-order chi connectivity index (χ0) is 18.8. The molecule has 136 valence electrons. The Kier molecular flexibility index (Phi) is 4.82. The van der Waals surface area contributed by atoms with E-state index in [0.29, 0.717) is 0 Å². The second kappa shape index (κ2) is 7.41. The number of anilines is 1. The Morgan fingerprint density at radius 2 is 1.89 bits per heavy atom. The molecular weight excluding hydrogens is 356 g/mol. The van der Waals surface area contributed by atoms with Crippen molar-refractivity contribution in [3.8, 4) is 16.8 Å². The Balaban J connectivity index is 1.99. The fourth-order valence-corrected chi connectivity index (χ4v) is 3.38. The maximum atomic E-state index is 6.38. The van der Waals surface area contributed by atoms with Gasteiger partial charge in [-0.3, -0.25) is 0 Å². The third-order valence-electron chi connectivity index (χ3n) is 4.64. The minimum atomic E-state index is 0.744. The van der Waals surface area contributed by atoms with E-state index in [4.69, 9.17) is 11.6 Å². The quantitative estimate of drug-likeness (QED) is 0.473. The van der Waals surface area contributed by atoms with Crippen molar-refractivity contribution in [3.05, 3.63) is 71.6 Å². The Labute approximate surface area is 163 Å². The highest BCUT2D eigenvalue weighted by atomic mass is 35.5. The zero-order valence-corrected chi connectivity index (χ0v) is 16.2. The van der Waals surface area contributed by atoms with Gasteiger partial charge in [-0.25, -0.2) is 9.97 Å². The molecule has 0 fully saturated rings. The van der Waals surface area contributed by atoms with Gasteiger partial charge in [0, 0.05) is 29.0 Å². The van der Waals surface area contributed by atoms with Gasteiger partial charge < -0.3 is 9.88 Å². The molecule has 0 radical (unpaired) electrons. The zero-order valence-electron chi connectivity index (χ0n) is 15.4. The highest BCUT2D eigenvalue weighted by Crippen LogP contribution is 2.35. The van der Waals surface area contributed by atoms with Crippen molar-refractivity contribution in [3.63, 3.8) is 0 Å². The first kappa shape index (κ1) is 17.6. The van der Waals surface area contributed by atoms with Crippen LogP contribution < -0.4 is 5.32 Å². The molecule has 1 N–H and O–H groups in total. The first-order valence-corrected chi connectivity index (χ1v) is 9.48. The van der Waals surface area contributed by atoms with Crippen molar-refractivity contribution in [2.24, 2.45) is 0 Å². The van der Waals surface area contributed by atoms with Crippen LogP contribution in [0, 0.1) is 6.92 Å². The van der Waals surface area contributed by atoms with Crippen molar-refractivity contribution in [2.75, 3.05) is 11.9 Å². The van der Waals surface area contributed by atoms with E-state index in [1.807, 2.05) is 37.3 Å². The van der Waals surface area contributed by atoms with E-state index >= 15 is 0 Å². The van der Waals surface area contributed by atoms with Crippen molar-refractivity contribution in [1.29, 1.82) is 0 Å². The van der Waals surface area contributed by atoms with Crippen LogP contribution in [0.15, 0.2) is 61.1 Å². The molecule has 0 saturated carbocycles. The van der Waals surface area contributed by atoms with Crippen LogP contribution in [0.1, 0.15) is 18.9 Å². The van der Waals surface area contributed by atoms with Crippen LogP contribution in [0.3, 0.4) is 0 Å². The second-order valence-electron chi connectivity index (χ2n) is 6.56. The number of aryl methyl sites for hydroxylation is 1. The lowest BCUT2D eigenvalue weighted by molar-refractivity contribution is 0.968. The highest BCUT2D eigenvalue weighted by Gasteiger charge is 2.17. The molecule has 0 aliphatic heterocycles. The summed E-state index contributed by atoms with van der Waals surface area (Å²) in [5, 5.41) is 5.21. The molecule has 0 unspecified atom stereocenters. The van der Waals surface area contributed by atoms with Gasteiger partial charge in [-0.05, 0) is 36.6 Å². The van der Waals surface area contributed by atoms with Gasteiger partial charge in [0.15, 0.2) is 5.65 Å². The topological polar surface area (TPSA) is 42.7 Å². The van der Waals surface area contributed by atoms with Crippen molar-refractivity contribution >= 4 is 28.5 Å². The van der Waals surface area contributed by atoms with Crippen molar-refractivity contribution < 1.29 is 0 Å². The standard InChI is InChI=1S/C22H21ClN4/c1-3-11-24-21-20-18(16-7-5-4-6-8-16)13-27(22(20)26-14-25-21)17-10-9-15(2)19(23)12-17/h4-10,12-14H,3,11H2,1-2H3,(H,24,25,26). The van der Waals surface area contributed by atoms with Crippen molar-refractivity contribution in [2.45, 2.75) is 20.3 Å². The fourth-order valence-electron chi connectivity index (χ4n) is 3.20. The number of aromatic nitrogens is 3. The van der Waals surface area contributed by atoms with Crippen LogP contribution in [-0.2, 0) is 0 Å². The monoisotopic (exact) mass is 376 g/mol. The first-order valence-electron chi connectivity index (χ1n) is 9.11. The number of hydrogen-bond acceptors (Lipinski definition) is 3. The van der Waals surface area contributed by atoms with E-state index in [1.165, 1.54) is 0 Å². The van der Waals surface area contributed by atoms with Crippen LogP contribution in [0.4, 0.5) is 5.82 Å². The second-order valence-corrected chi connectivity index (χ2v) is 6.97. The summed E-state index contributed by atoms with van der Waals surface area (Å²) in [6.45, 7) is 5.01. The smallest absolute Gasteiger partial charge is 0.150 e. The summed E-state index contributed by atoms with van der Waals surface area (Å²) in [5.41, 5.74) is 5.13. The summed E-state index contributed by atoms with van der Waals surface area (Å²) in [4.78, 5) is 9.10. The average Bonchev–Trinajstić information content (AvgIpc) is 3.09. The minimum absolute atomic E-state index is 0.744. The third-order valence-corrected chi connectivity index (χ3v) is 5.05. The molecule has 2 aromatic carbocycles. The molecule has 0 spiro atoms. The molecule has 0 saturated heterocycles. The lowest BCUT2D eigenvalue weighted by Gasteiger charge is -2.08. The van der Waals surface area contributed by atoms with Gasteiger partial charge in [0.1, 0.15) is 12.1 Å². The Hall–Kier alpha value is -2.85. The Morgan fingerprint density at radius 3 is 2.63 bits per heavy atom. The summed E-state index contributed by atoms with van der Waals surface area (Å²) < 4.78 is 2.09. The molecule has 2 heterocycles. The van der Waals surface area contributed by atoms with Gasteiger partial charge in [0.2, 0.25) is 0 Å². The summed E-state index contributed by atoms with van der Waals surface area (Å²) in [5.74, 6) is 0.859. The van der Waals surface area contributed by atoms with Gasteiger partial charge in [-0.2, -0.15) is 0 Å². The maximum Gasteiger partial charge on any atom is 0.150 e. The minimum Gasteiger partial charge on any atom is -0.369 e. The Morgan fingerprint density at radius 1 is 1.07 bits per heavy atom. The number of halogens is 1. The van der Waals surface area contributed by atoms with E-state index in [-0.39, 0.29) is 0 Å². The van der Waals surface area contributed by atoms with Gasteiger partial charge in [0.05, 0.1) is 5.39 Å². The molecule has 0 bridgehead atoms. The predicted octanol–water partition coefficient (Wildman–Crippen LogP) is 5.87. The van der Waals surface area contributed by atoms with Crippen LogP contribution in [-0.4, -0.2) is 21.1 Å². The molecule has 2 aromatic heterocycles. The first-order chi connectivity index (χ1) is 13.2. The van der Waals surface area contributed by atoms with Gasteiger partial charge >= 0.3 is 0 Å². The summed E-state index contributed by atoms with van der Waals surface area (Å²) >= 11 is 6.38. The number of nitrogens with one attached hydrogen (secondary N) is 1. The summed E-state index contributed by atoms with van der Waals surface area (Å²) in [7, 11) is 0. The number of hydrogen-bond donors (Lipinski definition) is 1. The molecule has 27 heavy (non-hydrogen) atoms. The van der Waals surface area contributed by atoms with E-state index in [0.717, 1.165) is 57.2 Å². The molecule has 4 rings (SSSR count). The third kappa shape index (κ3) is 3.28. The number of benzene rings is 2. The molecule has 0 aliphatic rings. The number of fused-ring (bicyclic) bond motifs is 1. The molecule has 5 heteroatoms. The summed E-state index contributed by atoms with van der Waals surface area (Å²) in [6, 6.07) is 16.4. The van der Waals surface area contributed by atoms with E-state index in [9.17, 15) is 0 Å². The fraction of sp³-hybridized carbons (Fsp3) is 0.182. The molecular formula is C22H21ClN4. The van der Waals surface area contributed by atoms with Gasteiger partial charge in [0.25, 0.3) is 0 Å².